The van der Waals surface area contributed by atoms with Gasteiger partial charge in [0.15, 0.2) is 6.29 Å². The second kappa shape index (κ2) is 5.10. The molecule has 1 saturated carbocycles. The van der Waals surface area contributed by atoms with Crippen molar-refractivity contribution in [1.29, 1.82) is 0 Å². The van der Waals surface area contributed by atoms with Crippen LogP contribution >= 0.6 is 0 Å². The Hall–Kier alpha value is -0.120. The first kappa shape index (κ1) is 12.0. The molecule has 1 aliphatic rings. The van der Waals surface area contributed by atoms with Gasteiger partial charge in [0.2, 0.25) is 0 Å². The second-order valence-electron chi connectivity index (χ2n) is 4.36. The first-order valence-electron chi connectivity index (χ1n) is 5.41. The minimum Gasteiger partial charge on any atom is -0.385 e. The maximum absolute atomic E-state index is 10.3. The number of hydrogen-bond acceptors (Lipinski definition) is 3. The molecule has 1 aliphatic carbocycles. The Labute approximate surface area is 86.4 Å². The predicted molar refractivity (Wildman–Crippen MR) is 55.0 cm³/mol. The molecule has 1 N–H and O–H groups in total. The highest BCUT2D eigenvalue weighted by Crippen LogP contribution is 2.35. The van der Waals surface area contributed by atoms with Crippen LogP contribution in [0.25, 0.3) is 0 Å². The Balaban J connectivity index is 2.60. The van der Waals surface area contributed by atoms with Crippen molar-refractivity contribution in [2.75, 3.05) is 14.2 Å². The van der Waals surface area contributed by atoms with Gasteiger partial charge in [0.05, 0.1) is 0 Å². The van der Waals surface area contributed by atoms with E-state index in [1.54, 1.807) is 14.2 Å². The summed E-state index contributed by atoms with van der Waals surface area (Å²) in [6.45, 7) is 1.82. The highest BCUT2D eigenvalue weighted by atomic mass is 16.7. The summed E-state index contributed by atoms with van der Waals surface area (Å²) >= 11 is 0. The lowest BCUT2D eigenvalue weighted by Gasteiger charge is -2.39. The van der Waals surface area contributed by atoms with Crippen LogP contribution in [-0.4, -0.2) is 31.2 Å². The summed E-state index contributed by atoms with van der Waals surface area (Å²) < 4.78 is 10.3. The van der Waals surface area contributed by atoms with Crippen LogP contribution in [0, 0.1) is 5.92 Å². The van der Waals surface area contributed by atoms with Gasteiger partial charge in [-0.05, 0) is 25.7 Å². The van der Waals surface area contributed by atoms with Crippen molar-refractivity contribution < 1.29 is 14.6 Å². The molecule has 0 amide bonds. The quantitative estimate of drug-likeness (QED) is 0.708. The van der Waals surface area contributed by atoms with Crippen molar-refractivity contribution in [2.24, 2.45) is 5.92 Å². The lowest BCUT2D eigenvalue weighted by atomic mass is 9.77. The van der Waals surface area contributed by atoms with Crippen LogP contribution < -0.4 is 0 Å². The fraction of sp³-hybridized carbons (Fsp3) is 1.00. The lowest BCUT2D eigenvalue weighted by Crippen LogP contribution is -2.48. The molecule has 0 bridgehead atoms. The van der Waals surface area contributed by atoms with E-state index in [-0.39, 0.29) is 0 Å². The van der Waals surface area contributed by atoms with Gasteiger partial charge in [0, 0.05) is 14.2 Å². The lowest BCUT2D eigenvalue weighted by molar-refractivity contribution is -0.230. The molecule has 1 fully saturated rings. The first-order valence-corrected chi connectivity index (χ1v) is 5.41. The second-order valence-corrected chi connectivity index (χ2v) is 4.36. The summed E-state index contributed by atoms with van der Waals surface area (Å²) in [5.41, 5.74) is -0.857. The Kier molecular flexibility index (Phi) is 4.35. The minimum atomic E-state index is -0.857. The fourth-order valence-electron chi connectivity index (χ4n) is 2.45. The van der Waals surface area contributed by atoms with E-state index < -0.39 is 11.9 Å². The maximum Gasteiger partial charge on any atom is 0.185 e. The average Bonchev–Trinajstić information content (AvgIpc) is 2.20. The highest BCUT2D eigenvalue weighted by molar-refractivity contribution is 4.87. The van der Waals surface area contributed by atoms with Gasteiger partial charge < -0.3 is 14.6 Å². The van der Waals surface area contributed by atoms with Gasteiger partial charge >= 0.3 is 0 Å². The van der Waals surface area contributed by atoms with Crippen molar-refractivity contribution >= 4 is 0 Å². The molecule has 14 heavy (non-hydrogen) atoms. The minimum absolute atomic E-state index is 0.307. The zero-order valence-electron chi connectivity index (χ0n) is 9.45. The number of ether oxygens (including phenoxy) is 2. The topological polar surface area (TPSA) is 38.7 Å². The van der Waals surface area contributed by atoms with Crippen LogP contribution in [0.1, 0.15) is 39.0 Å². The zero-order valence-corrected chi connectivity index (χ0v) is 9.45. The first-order chi connectivity index (χ1) is 6.62. The SMILES string of the molecule is COC(OC)C(C)(O)C1CCCCC1. The van der Waals surface area contributed by atoms with Crippen LogP contribution in [0.5, 0.6) is 0 Å². The fourth-order valence-corrected chi connectivity index (χ4v) is 2.45. The van der Waals surface area contributed by atoms with Gasteiger partial charge in [-0.2, -0.15) is 0 Å². The Morgan fingerprint density at radius 1 is 1.14 bits per heavy atom. The number of aliphatic hydroxyl groups is 1. The van der Waals surface area contributed by atoms with Crippen LogP contribution in [0.4, 0.5) is 0 Å². The summed E-state index contributed by atoms with van der Waals surface area (Å²) in [5, 5.41) is 10.3. The maximum atomic E-state index is 10.3. The van der Waals surface area contributed by atoms with E-state index in [1.807, 2.05) is 6.92 Å². The smallest absolute Gasteiger partial charge is 0.185 e. The molecule has 0 saturated heterocycles. The molecule has 3 heteroatoms. The molecule has 1 atom stereocenters. The molecule has 0 aromatic heterocycles. The standard InChI is InChI=1S/C11H22O3/c1-11(12,10(13-2)14-3)9-7-5-4-6-8-9/h9-10,12H,4-8H2,1-3H3. The number of hydrogen-bond donors (Lipinski definition) is 1. The molecule has 1 unspecified atom stereocenters. The summed E-state index contributed by atoms with van der Waals surface area (Å²) in [6, 6.07) is 0. The van der Waals surface area contributed by atoms with Crippen molar-refractivity contribution in [3.05, 3.63) is 0 Å². The van der Waals surface area contributed by atoms with Crippen LogP contribution in [0.2, 0.25) is 0 Å². The largest absolute Gasteiger partial charge is 0.385 e. The van der Waals surface area contributed by atoms with E-state index in [4.69, 9.17) is 9.47 Å². The summed E-state index contributed by atoms with van der Waals surface area (Å²) in [4.78, 5) is 0. The molecule has 0 aliphatic heterocycles. The normalized spacial score (nSPS) is 23.8. The average molecular weight is 202 g/mol. The number of methoxy groups -OCH3 is 2. The predicted octanol–water partition coefficient (Wildman–Crippen LogP) is 1.94. The molecule has 0 aromatic carbocycles. The van der Waals surface area contributed by atoms with E-state index in [1.165, 1.54) is 19.3 Å². The van der Waals surface area contributed by atoms with Gasteiger partial charge in [-0.25, -0.2) is 0 Å². The molecule has 1 rings (SSSR count). The van der Waals surface area contributed by atoms with Crippen molar-refractivity contribution in [1.82, 2.24) is 0 Å². The van der Waals surface area contributed by atoms with E-state index in [0.717, 1.165) is 12.8 Å². The third kappa shape index (κ3) is 2.47. The van der Waals surface area contributed by atoms with E-state index >= 15 is 0 Å². The van der Waals surface area contributed by atoms with Crippen LogP contribution in [0.3, 0.4) is 0 Å². The Morgan fingerprint density at radius 3 is 2.07 bits per heavy atom. The summed E-state index contributed by atoms with van der Waals surface area (Å²) in [6.07, 6.45) is 5.36. The molecule has 0 heterocycles. The molecular weight excluding hydrogens is 180 g/mol. The molecule has 84 valence electrons. The third-order valence-electron chi connectivity index (χ3n) is 3.34. The van der Waals surface area contributed by atoms with Crippen molar-refractivity contribution in [3.63, 3.8) is 0 Å². The molecule has 0 aromatic rings. The van der Waals surface area contributed by atoms with E-state index in [0.29, 0.717) is 5.92 Å². The third-order valence-corrected chi connectivity index (χ3v) is 3.34. The van der Waals surface area contributed by atoms with Gasteiger partial charge in [0.25, 0.3) is 0 Å². The van der Waals surface area contributed by atoms with E-state index in [9.17, 15) is 5.11 Å². The zero-order chi connectivity index (χ0) is 10.6. The van der Waals surface area contributed by atoms with Crippen molar-refractivity contribution in [2.45, 2.75) is 50.9 Å². The Bertz CT molecular complexity index is 158. The summed E-state index contributed by atoms with van der Waals surface area (Å²) in [5.74, 6) is 0.307. The van der Waals surface area contributed by atoms with Crippen LogP contribution in [0.15, 0.2) is 0 Å². The molecule has 0 radical (unpaired) electrons. The summed E-state index contributed by atoms with van der Waals surface area (Å²) in [7, 11) is 3.15. The molecule has 0 spiro atoms. The highest BCUT2D eigenvalue weighted by Gasteiger charge is 2.40. The van der Waals surface area contributed by atoms with Gasteiger partial charge in [-0.15, -0.1) is 0 Å². The van der Waals surface area contributed by atoms with Crippen LogP contribution in [-0.2, 0) is 9.47 Å². The van der Waals surface area contributed by atoms with Gasteiger partial charge in [0.1, 0.15) is 5.60 Å². The van der Waals surface area contributed by atoms with Crippen molar-refractivity contribution in [3.8, 4) is 0 Å². The molecule has 3 nitrogen and oxygen atoms in total. The molecular formula is C11H22O3. The Morgan fingerprint density at radius 2 is 1.64 bits per heavy atom. The van der Waals surface area contributed by atoms with Gasteiger partial charge in [-0.3, -0.25) is 0 Å². The van der Waals surface area contributed by atoms with Gasteiger partial charge in [-0.1, -0.05) is 19.3 Å². The number of rotatable bonds is 4. The van der Waals surface area contributed by atoms with E-state index in [2.05, 4.69) is 0 Å². The monoisotopic (exact) mass is 202 g/mol.